The Morgan fingerprint density at radius 2 is 2.24 bits per heavy atom. The van der Waals surface area contributed by atoms with Crippen LogP contribution in [-0.4, -0.2) is 25.4 Å². The Hall–Kier alpha value is -0.840. The molecule has 2 atom stereocenters. The van der Waals surface area contributed by atoms with Crippen molar-refractivity contribution in [3.05, 3.63) is 24.2 Å². The first-order valence-electron chi connectivity index (χ1n) is 6.33. The number of ether oxygens (including phenoxy) is 2. The highest BCUT2D eigenvalue weighted by atomic mass is 16.5. The zero-order valence-corrected chi connectivity index (χ0v) is 10.3. The molecule has 2 heterocycles. The molecule has 4 nitrogen and oxygen atoms in total. The van der Waals surface area contributed by atoms with Crippen molar-refractivity contribution in [2.24, 2.45) is 5.73 Å². The lowest BCUT2D eigenvalue weighted by Gasteiger charge is -2.29. The summed E-state index contributed by atoms with van der Waals surface area (Å²) in [5.74, 6) is 0.825. The molecule has 2 N–H and O–H groups in total. The monoisotopic (exact) mass is 239 g/mol. The third-order valence-electron chi connectivity index (χ3n) is 3.19. The number of hydrogen-bond donors (Lipinski definition) is 1. The molecule has 0 aliphatic carbocycles. The molecule has 0 radical (unpaired) electrons. The summed E-state index contributed by atoms with van der Waals surface area (Å²) >= 11 is 0. The molecule has 2 unspecified atom stereocenters. The summed E-state index contributed by atoms with van der Waals surface area (Å²) in [7, 11) is 0. The van der Waals surface area contributed by atoms with Crippen LogP contribution in [-0.2, 0) is 9.47 Å². The van der Waals surface area contributed by atoms with Crippen molar-refractivity contribution in [2.75, 3.05) is 13.2 Å². The smallest absolute Gasteiger partial charge is 0.134 e. The van der Waals surface area contributed by atoms with Crippen LogP contribution in [0.2, 0.25) is 0 Å². The first kappa shape index (κ1) is 12.6. The highest BCUT2D eigenvalue weighted by Crippen LogP contribution is 2.26. The van der Waals surface area contributed by atoms with Crippen molar-refractivity contribution in [3.8, 4) is 0 Å². The fourth-order valence-electron chi connectivity index (χ4n) is 2.07. The molecule has 96 valence electrons. The molecule has 0 spiro atoms. The zero-order chi connectivity index (χ0) is 12.1. The van der Waals surface area contributed by atoms with E-state index in [9.17, 15) is 0 Å². The molecule has 1 aromatic heterocycles. The number of furan rings is 1. The number of hydrogen-bond acceptors (Lipinski definition) is 4. The SMILES string of the molecule is CCC(N)C(OC1CCOCC1)c1ccco1. The van der Waals surface area contributed by atoms with E-state index in [2.05, 4.69) is 6.92 Å². The summed E-state index contributed by atoms with van der Waals surface area (Å²) in [5, 5.41) is 0. The van der Waals surface area contributed by atoms with Crippen LogP contribution in [0.5, 0.6) is 0 Å². The molecule has 4 heteroatoms. The topological polar surface area (TPSA) is 57.6 Å². The second kappa shape index (κ2) is 6.19. The summed E-state index contributed by atoms with van der Waals surface area (Å²) in [6.07, 6.45) is 4.50. The van der Waals surface area contributed by atoms with Gasteiger partial charge < -0.3 is 19.6 Å². The van der Waals surface area contributed by atoms with Crippen molar-refractivity contribution in [3.63, 3.8) is 0 Å². The quantitative estimate of drug-likeness (QED) is 0.856. The van der Waals surface area contributed by atoms with E-state index in [4.69, 9.17) is 19.6 Å². The van der Waals surface area contributed by atoms with Crippen LogP contribution in [0.15, 0.2) is 22.8 Å². The molecular formula is C13H21NO3. The maximum Gasteiger partial charge on any atom is 0.134 e. The predicted molar refractivity (Wildman–Crippen MR) is 64.6 cm³/mol. The van der Waals surface area contributed by atoms with Crippen LogP contribution in [0, 0.1) is 0 Å². The highest BCUT2D eigenvalue weighted by Gasteiger charge is 2.26. The molecule has 0 saturated carbocycles. The molecule has 2 rings (SSSR count). The molecule has 17 heavy (non-hydrogen) atoms. The Balaban J connectivity index is 2.00. The van der Waals surface area contributed by atoms with Crippen molar-refractivity contribution in [1.82, 2.24) is 0 Å². The Morgan fingerprint density at radius 3 is 2.82 bits per heavy atom. The molecule has 1 fully saturated rings. The minimum atomic E-state index is -0.141. The van der Waals surface area contributed by atoms with Gasteiger partial charge in [0.15, 0.2) is 0 Å². The molecule has 0 aromatic carbocycles. The average molecular weight is 239 g/mol. The van der Waals surface area contributed by atoms with Crippen LogP contribution in [0.3, 0.4) is 0 Å². The Morgan fingerprint density at radius 1 is 1.47 bits per heavy atom. The molecule has 1 saturated heterocycles. The van der Waals surface area contributed by atoms with Crippen molar-refractivity contribution in [2.45, 2.75) is 44.4 Å². The van der Waals surface area contributed by atoms with Gasteiger partial charge in [0.25, 0.3) is 0 Å². The van der Waals surface area contributed by atoms with Gasteiger partial charge in [-0.15, -0.1) is 0 Å². The van der Waals surface area contributed by atoms with Crippen molar-refractivity contribution in [1.29, 1.82) is 0 Å². The average Bonchev–Trinajstić information content (AvgIpc) is 2.90. The van der Waals surface area contributed by atoms with Gasteiger partial charge in [-0.05, 0) is 31.4 Å². The van der Waals surface area contributed by atoms with Crippen molar-refractivity contribution < 1.29 is 13.9 Å². The van der Waals surface area contributed by atoms with Crippen molar-refractivity contribution >= 4 is 0 Å². The van der Waals surface area contributed by atoms with E-state index in [1.54, 1.807) is 6.26 Å². The molecular weight excluding hydrogens is 218 g/mol. The first-order chi connectivity index (χ1) is 8.31. The van der Waals surface area contributed by atoms with Gasteiger partial charge in [0.1, 0.15) is 11.9 Å². The zero-order valence-electron chi connectivity index (χ0n) is 10.3. The number of rotatable bonds is 5. The maximum absolute atomic E-state index is 6.11. The number of nitrogens with two attached hydrogens (primary N) is 1. The lowest BCUT2D eigenvalue weighted by molar-refractivity contribution is -0.0842. The molecule has 1 aliphatic heterocycles. The molecule has 0 bridgehead atoms. The fraction of sp³-hybridized carbons (Fsp3) is 0.692. The summed E-state index contributed by atoms with van der Waals surface area (Å²) in [6, 6.07) is 3.78. The van der Waals surface area contributed by atoms with Gasteiger partial charge in [0, 0.05) is 19.3 Å². The van der Waals surface area contributed by atoms with Gasteiger partial charge in [-0.3, -0.25) is 0 Å². The third kappa shape index (κ3) is 3.31. The van der Waals surface area contributed by atoms with Gasteiger partial charge in [0.2, 0.25) is 0 Å². The predicted octanol–water partition coefficient (Wildman–Crippen LogP) is 2.25. The van der Waals surface area contributed by atoms with Crippen LogP contribution >= 0.6 is 0 Å². The lowest BCUT2D eigenvalue weighted by Crippen LogP contribution is -2.34. The van der Waals surface area contributed by atoms with E-state index in [1.807, 2.05) is 12.1 Å². The van der Waals surface area contributed by atoms with Gasteiger partial charge in [-0.2, -0.15) is 0 Å². The van der Waals surface area contributed by atoms with E-state index >= 15 is 0 Å². The van der Waals surface area contributed by atoms with E-state index in [-0.39, 0.29) is 18.2 Å². The van der Waals surface area contributed by atoms with E-state index in [0.29, 0.717) is 0 Å². The van der Waals surface area contributed by atoms with Crippen LogP contribution < -0.4 is 5.73 Å². The first-order valence-corrected chi connectivity index (χ1v) is 6.33. The van der Waals surface area contributed by atoms with Crippen LogP contribution in [0.1, 0.15) is 38.1 Å². The molecule has 1 aliphatic rings. The molecule has 1 aromatic rings. The summed E-state index contributed by atoms with van der Waals surface area (Å²) < 4.78 is 16.8. The highest BCUT2D eigenvalue weighted by molar-refractivity contribution is 5.05. The van der Waals surface area contributed by atoms with Gasteiger partial charge >= 0.3 is 0 Å². The fourth-order valence-corrected chi connectivity index (χ4v) is 2.07. The summed E-state index contributed by atoms with van der Waals surface area (Å²) in [6.45, 7) is 3.61. The third-order valence-corrected chi connectivity index (χ3v) is 3.19. The van der Waals surface area contributed by atoms with Gasteiger partial charge in [-0.1, -0.05) is 6.92 Å². The second-order valence-electron chi connectivity index (χ2n) is 4.46. The molecule has 0 amide bonds. The summed E-state index contributed by atoms with van der Waals surface area (Å²) in [4.78, 5) is 0. The van der Waals surface area contributed by atoms with Gasteiger partial charge in [-0.25, -0.2) is 0 Å². The maximum atomic E-state index is 6.11. The van der Waals surface area contributed by atoms with Crippen LogP contribution in [0.25, 0.3) is 0 Å². The standard InChI is InChI=1S/C13H21NO3/c1-2-11(14)13(12-4-3-7-16-12)17-10-5-8-15-9-6-10/h3-4,7,10-11,13H,2,5-6,8-9,14H2,1H3. The lowest BCUT2D eigenvalue weighted by atomic mass is 10.1. The Kier molecular flexibility index (Phi) is 4.59. The Bertz CT molecular complexity index is 306. The van der Waals surface area contributed by atoms with Gasteiger partial charge in [0.05, 0.1) is 12.4 Å². The largest absolute Gasteiger partial charge is 0.467 e. The summed E-state index contributed by atoms with van der Waals surface area (Å²) in [5.41, 5.74) is 6.11. The minimum Gasteiger partial charge on any atom is -0.467 e. The minimum absolute atomic E-state index is 0.0241. The Labute approximate surface area is 102 Å². The van der Waals surface area contributed by atoms with E-state index in [0.717, 1.165) is 38.2 Å². The van der Waals surface area contributed by atoms with E-state index < -0.39 is 0 Å². The van der Waals surface area contributed by atoms with E-state index in [1.165, 1.54) is 0 Å². The second-order valence-corrected chi connectivity index (χ2v) is 4.46. The van der Waals surface area contributed by atoms with Crippen LogP contribution in [0.4, 0.5) is 0 Å². The normalized spacial score (nSPS) is 21.3.